The minimum atomic E-state index is 0.625. The number of nitrogens with zero attached hydrogens (tertiary/aromatic N) is 1. The molecule has 0 N–H and O–H groups in total. The van der Waals surface area contributed by atoms with Gasteiger partial charge in [0, 0.05) is 0 Å². The van der Waals surface area contributed by atoms with Gasteiger partial charge in [0.05, 0.1) is 0 Å². The van der Waals surface area contributed by atoms with E-state index in [1.165, 1.54) is 42.3 Å². The summed E-state index contributed by atoms with van der Waals surface area (Å²) in [6.07, 6.45) is 1.40. The predicted molar refractivity (Wildman–Crippen MR) is 37.1 cm³/mol. The molecule has 0 amide bonds. The van der Waals surface area contributed by atoms with Crippen LogP contribution in [0.4, 0.5) is 0 Å². The second-order valence-corrected chi connectivity index (χ2v) is 5.47. The molecule has 0 bridgehead atoms. The molecule has 0 atom stereocenters. The summed E-state index contributed by atoms with van der Waals surface area (Å²) in [4.78, 5) is 0. The van der Waals surface area contributed by atoms with Crippen LogP contribution in [0.15, 0.2) is 0 Å². The Morgan fingerprint density at radius 1 is 1.50 bits per heavy atom. The molecular formula is C6H13NSn. The average molecular weight is 218 g/mol. The summed E-state index contributed by atoms with van der Waals surface area (Å²) in [7, 11) is 0. The van der Waals surface area contributed by atoms with E-state index in [-0.39, 0.29) is 0 Å². The topological polar surface area (TPSA) is 3.24 Å². The molecular weight excluding hydrogens is 205 g/mol. The summed E-state index contributed by atoms with van der Waals surface area (Å²) in [5, 5.41) is 0. The standard InChI is InChI=1S/C6H12N.Sn.H/c1-6(2)3-4-7-5-6;;/h3-5H2,1-2H3;;/q-1;+1;. The maximum absolute atomic E-state index is 2.52. The molecule has 0 aromatic carbocycles. The Morgan fingerprint density at radius 2 is 2.12 bits per heavy atom. The normalized spacial score (nSPS) is 28.9. The van der Waals surface area contributed by atoms with E-state index in [0.717, 1.165) is 0 Å². The SMILES string of the molecule is CC1(C)CC[N]([SnH])C1. The maximum atomic E-state index is 2.52. The molecule has 1 fully saturated rings. The van der Waals surface area contributed by atoms with E-state index in [1.54, 1.807) is 0 Å². The molecule has 8 heavy (non-hydrogen) atoms. The predicted octanol–water partition coefficient (Wildman–Crippen LogP) is 0.534. The molecule has 0 aliphatic carbocycles. The van der Waals surface area contributed by atoms with Crippen molar-refractivity contribution < 1.29 is 0 Å². The van der Waals surface area contributed by atoms with E-state index >= 15 is 0 Å². The van der Waals surface area contributed by atoms with Gasteiger partial charge in [-0.25, -0.2) is 0 Å². The molecule has 1 nitrogen and oxygen atoms in total. The number of hydrogen-bond acceptors (Lipinski definition) is 1. The fourth-order valence-electron chi connectivity index (χ4n) is 1.15. The summed E-state index contributed by atoms with van der Waals surface area (Å²) in [5.41, 5.74) is 0.625. The summed E-state index contributed by atoms with van der Waals surface area (Å²) < 4.78 is 2.52. The van der Waals surface area contributed by atoms with Crippen molar-refractivity contribution in [3.63, 3.8) is 0 Å². The summed E-state index contributed by atoms with van der Waals surface area (Å²) >= 11 is 1.32. The Labute approximate surface area is 64.9 Å². The first-order valence-electron chi connectivity index (χ1n) is 3.10. The Morgan fingerprint density at radius 3 is 2.25 bits per heavy atom. The minimum absolute atomic E-state index is 0.625. The quantitative estimate of drug-likeness (QED) is 0.536. The Hall–Kier alpha value is 0.759. The van der Waals surface area contributed by atoms with Gasteiger partial charge in [-0.15, -0.1) is 0 Å². The van der Waals surface area contributed by atoms with Crippen molar-refractivity contribution in [1.29, 1.82) is 0 Å². The van der Waals surface area contributed by atoms with E-state index in [0.29, 0.717) is 5.41 Å². The first-order chi connectivity index (χ1) is 3.60. The Balaban J connectivity index is 2.44. The van der Waals surface area contributed by atoms with Gasteiger partial charge >= 0.3 is 64.7 Å². The number of rotatable bonds is 0. The van der Waals surface area contributed by atoms with Crippen LogP contribution >= 0.6 is 0 Å². The van der Waals surface area contributed by atoms with Crippen molar-refractivity contribution in [3.05, 3.63) is 0 Å². The molecule has 1 aliphatic heterocycles. The first-order valence-corrected chi connectivity index (χ1v) is 4.57. The van der Waals surface area contributed by atoms with Crippen molar-refractivity contribution in [2.75, 3.05) is 13.1 Å². The number of hydrogen-bond donors (Lipinski definition) is 0. The third kappa shape index (κ3) is 1.62. The molecule has 1 saturated heterocycles. The molecule has 0 aromatic rings. The Bertz CT molecular complexity index is 90.5. The van der Waals surface area contributed by atoms with Gasteiger partial charge in [-0.2, -0.15) is 0 Å². The van der Waals surface area contributed by atoms with Crippen molar-refractivity contribution in [2.45, 2.75) is 20.3 Å². The van der Waals surface area contributed by atoms with Crippen LogP contribution in [0.5, 0.6) is 0 Å². The van der Waals surface area contributed by atoms with Crippen LogP contribution in [0.2, 0.25) is 0 Å². The average Bonchev–Trinajstić information content (AvgIpc) is 1.82. The molecule has 1 aliphatic rings. The van der Waals surface area contributed by atoms with Crippen LogP contribution in [0.25, 0.3) is 0 Å². The van der Waals surface area contributed by atoms with Crippen molar-refractivity contribution in [3.8, 4) is 0 Å². The molecule has 0 saturated carbocycles. The van der Waals surface area contributed by atoms with E-state index < -0.39 is 0 Å². The van der Waals surface area contributed by atoms with Gasteiger partial charge in [0.25, 0.3) is 0 Å². The van der Waals surface area contributed by atoms with Crippen LogP contribution in [-0.4, -0.2) is 39.0 Å². The molecule has 0 aromatic heterocycles. The fourth-order valence-corrected chi connectivity index (χ4v) is 2.93. The zero-order valence-corrected chi connectivity index (χ0v) is 8.94. The molecule has 2 heteroatoms. The Kier molecular flexibility index (Phi) is 1.87. The second kappa shape index (κ2) is 2.18. The van der Waals surface area contributed by atoms with Crippen LogP contribution < -0.4 is 0 Å². The van der Waals surface area contributed by atoms with Gasteiger partial charge in [-0.1, -0.05) is 0 Å². The van der Waals surface area contributed by atoms with Gasteiger partial charge in [-0.05, 0) is 0 Å². The van der Waals surface area contributed by atoms with Crippen molar-refractivity contribution in [2.24, 2.45) is 5.41 Å². The molecule has 2 radical (unpaired) electrons. The van der Waals surface area contributed by atoms with Crippen LogP contribution in [-0.2, 0) is 0 Å². The van der Waals surface area contributed by atoms with Gasteiger partial charge < -0.3 is 0 Å². The molecule has 0 spiro atoms. The second-order valence-electron chi connectivity index (χ2n) is 3.38. The summed E-state index contributed by atoms with van der Waals surface area (Å²) in [6.45, 7) is 7.37. The zero-order chi connectivity index (χ0) is 6.20. The van der Waals surface area contributed by atoms with Crippen molar-refractivity contribution >= 4 is 22.8 Å². The third-order valence-corrected chi connectivity index (χ3v) is 2.96. The third-order valence-electron chi connectivity index (χ3n) is 1.71. The zero-order valence-electron chi connectivity index (χ0n) is 5.65. The molecule has 1 rings (SSSR count). The van der Waals surface area contributed by atoms with Gasteiger partial charge in [0.15, 0.2) is 0 Å². The van der Waals surface area contributed by atoms with Crippen LogP contribution in [0.3, 0.4) is 0 Å². The van der Waals surface area contributed by atoms with E-state index in [9.17, 15) is 0 Å². The van der Waals surface area contributed by atoms with Crippen LogP contribution in [0, 0.1) is 5.41 Å². The molecule has 46 valence electrons. The van der Waals surface area contributed by atoms with E-state index in [4.69, 9.17) is 0 Å². The van der Waals surface area contributed by atoms with Gasteiger partial charge in [0.2, 0.25) is 0 Å². The van der Waals surface area contributed by atoms with E-state index in [1.807, 2.05) is 0 Å². The van der Waals surface area contributed by atoms with Gasteiger partial charge in [-0.3, -0.25) is 0 Å². The van der Waals surface area contributed by atoms with Gasteiger partial charge in [0.1, 0.15) is 0 Å². The molecule has 1 heterocycles. The summed E-state index contributed by atoms with van der Waals surface area (Å²) in [6, 6.07) is 0. The monoisotopic (exact) mass is 219 g/mol. The van der Waals surface area contributed by atoms with Crippen LogP contribution in [0.1, 0.15) is 20.3 Å². The summed E-state index contributed by atoms with van der Waals surface area (Å²) in [5.74, 6) is 0. The van der Waals surface area contributed by atoms with Crippen molar-refractivity contribution in [1.82, 2.24) is 3.12 Å². The first kappa shape index (κ1) is 6.87. The molecule has 0 unspecified atom stereocenters. The fraction of sp³-hybridized carbons (Fsp3) is 1.00. The van der Waals surface area contributed by atoms with E-state index in [2.05, 4.69) is 17.0 Å².